The van der Waals surface area contributed by atoms with Crippen LogP contribution in [0.4, 0.5) is 0 Å². The predicted molar refractivity (Wildman–Crippen MR) is 96.3 cm³/mol. The molecule has 25 heavy (non-hydrogen) atoms. The van der Waals surface area contributed by atoms with Gasteiger partial charge in [0.25, 0.3) is 0 Å². The summed E-state index contributed by atoms with van der Waals surface area (Å²) in [5.41, 5.74) is 3.91. The topological polar surface area (TPSA) is 76.9 Å². The van der Waals surface area contributed by atoms with Crippen molar-refractivity contribution in [2.24, 2.45) is 0 Å². The number of fused-ring (bicyclic) bond motifs is 1. The molecule has 0 unspecified atom stereocenters. The van der Waals surface area contributed by atoms with Gasteiger partial charge in [-0.1, -0.05) is 11.3 Å². The standard InChI is InChI=1S/C17H18N4O2S2/c22-25(23,17-6-5-13-3-1-2-4-14(13)9-17)18-10-15-11-21(20-19-15)16-7-8-24-12-16/h5-9,11-12,18H,1-4,10H2. The summed E-state index contributed by atoms with van der Waals surface area (Å²) >= 11 is 1.57. The first-order valence-electron chi connectivity index (χ1n) is 8.17. The molecule has 0 spiro atoms. The molecule has 0 radical (unpaired) electrons. The van der Waals surface area contributed by atoms with E-state index in [1.165, 1.54) is 12.0 Å². The summed E-state index contributed by atoms with van der Waals surface area (Å²) in [6, 6.07) is 7.37. The molecule has 1 aliphatic carbocycles. The highest BCUT2D eigenvalue weighted by Gasteiger charge is 2.18. The van der Waals surface area contributed by atoms with Crippen molar-refractivity contribution in [3.63, 3.8) is 0 Å². The molecule has 0 saturated heterocycles. The largest absolute Gasteiger partial charge is 0.240 e. The molecule has 0 atom stereocenters. The Bertz CT molecular complexity index is 978. The summed E-state index contributed by atoms with van der Waals surface area (Å²) in [6.07, 6.45) is 6.02. The summed E-state index contributed by atoms with van der Waals surface area (Å²) in [6.45, 7) is 0.115. The SMILES string of the molecule is O=S(=O)(NCc1cn(-c2ccsc2)nn1)c1ccc2c(c1)CCCC2. The van der Waals surface area contributed by atoms with E-state index in [9.17, 15) is 8.42 Å². The van der Waals surface area contributed by atoms with E-state index in [0.717, 1.165) is 30.5 Å². The third-order valence-electron chi connectivity index (χ3n) is 4.39. The van der Waals surface area contributed by atoms with E-state index in [-0.39, 0.29) is 6.54 Å². The molecule has 8 heteroatoms. The number of nitrogens with zero attached hydrogens (tertiary/aromatic N) is 3. The molecule has 6 nitrogen and oxygen atoms in total. The second kappa shape index (κ2) is 6.70. The van der Waals surface area contributed by atoms with Crippen LogP contribution in [0.3, 0.4) is 0 Å². The maximum atomic E-state index is 12.6. The maximum Gasteiger partial charge on any atom is 0.240 e. The number of thiophene rings is 1. The fraction of sp³-hybridized carbons (Fsp3) is 0.294. The van der Waals surface area contributed by atoms with Crippen molar-refractivity contribution >= 4 is 21.4 Å². The lowest BCUT2D eigenvalue weighted by molar-refractivity contribution is 0.579. The molecular formula is C17H18N4O2S2. The molecule has 0 fully saturated rings. The molecule has 4 rings (SSSR count). The zero-order valence-corrected chi connectivity index (χ0v) is 15.2. The van der Waals surface area contributed by atoms with E-state index >= 15 is 0 Å². The lowest BCUT2D eigenvalue weighted by Gasteiger charge is -2.16. The summed E-state index contributed by atoms with van der Waals surface area (Å²) in [5.74, 6) is 0. The predicted octanol–water partition coefficient (Wildman–Crippen LogP) is 2.69. The minimum atomic E-state index is -3.56. The molecule has 0 bridgehead atoms. The molecule has 1 N–H and O–H groups in total. The lowest BCUT2D eigenvalue weighted by atomic mass is 9.92. The molecule has 1 aliphatic rings. The van der Waals surface area contributed by atoms with Crippen LogP contribution in [-0.2, 0) is 29.4 Å². The van der Waals surface area contributed by atoms with Gasteiger partial charge in [-0.15, -0.1) is 5.10 Å². The highest BCUT2D eigenvalue weighted by Crippen LogP contribution is 2.24. The number of benzene rings is 1. The third-order valence-corrected chi connectivity index (χ3v) is 6.45. The van der Waals surface area contributed by atoms with Gasteiger partial charge < -0.3 is 0 Å². The summed E-state index contributed by atoms with van der Waals surface area (Å²) in [5, 5.41) is 12.0. The molecular weight excluding hydrogens is 356 g/mol. The van der Waals surface area contributed by atoms with Crippen molar-refractivity contribution in [2.45, 2.75) is 37.1 Å². The third kappa shape index (κ3) is 3.51. The number of hydrogen-bond donors (Lipinski definition) is 1. The summed E-state index contributed by atoms with van der Waals surface area (Å²) in [4.78, 5) is 0.318. The van der Waals surface area contributed by atoms with Crippen molar-refractivity contribution in [1.29, 1.82) is 0 Å². The van der Waals surface area contributed by atoms with Gasteiger partial charge in [0.2, 0.25) is 10.0 Å². The van der Waals surface area contributed by atoms with Crippen molar-refractivity contribution < 1.29 is 8.42 Å². The van der Waals surface area contributed by atoms with Crippen LogP contribution in [0.15, 0.2) is 46.1 Å². The zero-order chi connectivity index (χ0) is 17.3. The minimum Gasteiger partial charge on any atom is -0.220 e. The van der Waals surface area contributed by atoms with Gasteiger partial charge in [-0.05, 0) is 60.4 Å². The fourth-order valence-electron chi connectivity index (χ4n) is 3.02. The van der Waals surface area contributed by atoms with Gasteiger partial charge in [-0.3, -0.25) is 0 Å². The van der Waals surface area contributed by atoms with Gasteiger partial charge in [-0.25, -0.2) is 17.8 Å². The second-order valence-corrected chi connectivity index (χ2v) is 8.65. The van der Waals surface area contributed by atoms with E-state index in [4.69, 9.17) is 0 Å². The molecule has 1 aromatic carbocycles. The number of sulfonamides is 1. The first kappa shape index (κ1) is 16.4. The monoisotopic (exact) mass is 374 g/mol. The van der Waals surface area contributed by atoms with Gasteiger partial charge in [-0.2, -0.15) is 11.3 Å². The van der Waals surface area contributed by atoms with Crippen LogP contribution >= 0.6 is 11.3 Å². The van der Waals surface area contributed by atoms with Gasteiger partial charge in [0.15, 0.2) is 0 Å². The van der Waals surface area contributed by atoms with Gasteiger partial charge in [0, 0.05) is 5.38 Å². The molecule has 3 aromatic rings. The van der Waals surface area contributed by atoms with Gasteiger partial charge >= 0.3 is 0 Å². The smallest absolute Gasteiger partial charge is 0.220 e. The molecule has 0 amide bonds. The number of nitrogens with one attached hydrogen (secondary N) is 1. The van der Waals surface area contributed by atoms with E-state index < -0.39 is 10.0 Å². The average molecular weight is 374 g/mol. The van der Waals surface area contributed by atoms with Gasteiger partial charge in [0.1, 0.15) is 0 Å². The second-order valence-electron chi connectivity index (χ2n) is 6.10. The Kier molecular flexibility index (Phi) is 4.41. The molecule has 130 valence electrons. The highest BCUT2D eigenvalue weighted by atomic mass is 32.2. The minimum absolute atomic E-state index is 0.115. The van der Waals surface area contributed by atoms with Crippen molar-refractivity contribution in [1.82, 2.24) is 19.7 Å². The Morgan fingerprint density at radius 2 is 2.00 bits per heavy atom. The Hall–Kier alpha value is -2.03. The Morgan fingerprint density at radius 1 is 1.16 bits per heavy atom. The summed E-state index contributed by atoms with van der Waals surface area (Å²) in [7, 11) is -3.56. The van der Waals surface area contributed by atoms with Crippen LogP contribution in [0.5, 0.6) is 0 Å². The van der Waals surface area contributed by atoms with Gasteiger partial charge in [0.05, 0.1) is 29.0 Å². The first-order valence-corrected chi connectivity index (χ1v) is 10.6. The van der Waals surface area contributed by atoms with Crippen LogP contribution in [0.2, 0.25) is 0 Å². The number of aryl methyl sites for hydroxylation is 2. The molecule has 0 aliphatic heterocycles. The normalized spacial score (nSPS) is 14.4. The van der Waals surface area contributed by atoms with Crippen LogP contribution in [0.1, 0.15) is 29.7 Å². The van der Waals surface area contributed by atoms with Crippen molar-refractivity contribution in [3.05, 3.63) is 58.0 Å². The van der Waals surface area contributed by atoms with Crippen LogP contribution in [0, 0.1) is 0 Å². The number of aromatic nitrogens is 3. The van der Waals surface area contributed by atoms with Crippen LogP contribution < -0.4 is 4.72 Å². The Balaban J connectivity index is 1.48. The zero-order valence-electron chi connectivity index (χ0n) is 13.6. The van der Waals surface area contributed by atoms with Crippen LogP contribution in [-0.4, -0.2) is 23.4 Å². The van der Waals surface area contributed by atoms with E-state index in [0.29, 0.717) is 10.6 Å². The highest BCUT2D eigenvalue weighted by molar-refractivity contribution is 7.89. The molecule has 0 saturated carbocycles. The Labute approximate surface area is 150 Å². The Morgan fingerprint density at radius 3 is 2.80 bits per heavy atom. The average Bonchev–Trinajstić information content (AvgIpc) is 3.31. The lowest BCUT2D eigenvalue weighted by Crippen LogP contribution is -2.23. The van der Waals surface area contributed by atoms with Crippen LogP contribution in [0.25, 0.3) is 5.69 Å². The van der Waals surface area contributed by atoms with E-state index in [1.54, 1.807) is 34.3 Å². The van der Waals surface area contributed by atoms with Crippen molar-refractivity contribution in [2.75, 3.05) is 0 Å². The van der Waals surface area contributed by atoms with E-state index in [1.807, 2.05) is 22.9 Å². The fourth-order valence-corrected chi connectivity index (χ4v) is 4.69. The number of hydrogen-bond acceptors (Lipinski definition) is 5. The number of rotatable bonds is 5. The molecule has 2 aromatic heterocycles. The van der Waals surface area contributed by atoms with E-state index in [2.05, 4.69) is 15.0 Å². The quantitative estimate of drug-likeness (QED) is 0.745. The first-order chi connectivity index (χ1) is 12.1. The van der Waals surface area contributed by atoms with Crippen molar-refractivity contribution in [3.8, 4) is 5.69 Å². The molecule has 2 heterocycles. The maximum absolute atomic E-state index is 12.6. The summed E-state index contributed by atoms with van der Waals surface area (Å²) < 4.78 is 29.4.